The second kappa shape index (κ2) is 5.11. The predicted molar refractivity (Wildman–Crippen MR) is 55.7 cm³/mol. The fourth-order valence-electron chi connectivity index (χ4n) is 2.33. The summed E-state index contributed by atoms with van der Waals surface area (Å²) >= 11 is 6.25. The number of alkyl halides is 1. The molecule has 1 saturated carbocycles. The molecule has 0 bridgehead atoms. The van der Waals surface area contributed by atoms with Crippen LogP contribution in [0.1, 0.15) is 52.4 Å². The number of halogens is 1. The highest BCUT2D eigenvalue weighted by Gasteiger charge is 2.24. The minimum absolute atomic E-state index is 0.410. The van der Waals surface area contributed by atoms with Crippen LogP contribution in [0.25, 0.3) is 0 Å². The van der Waals surface area contributed by atoms with Crippen molar-refractivity contribution < 1.29 is 0 Å². The fourth-order valence-corrected chi connectivity index (χ4v) is 2.53. The minimum Gasteiger partial charge on any atom is -0.123 e. The summed E-state index contributed by atoms with van der Waals surface area (Å²) in [5.74, 6) is 1.65. The van der Waals surface area contributed by atoms with Crippen LogP contribution in [0.2, 0.25) is 0 Å². The Hall–Kier alpha value is 0.290. The molecule has 0 saturated heterocycles. The average molecular weight is 189 g/mol. The molecular weight excluding hydrogens is 168 g/mol. The lowest BCUT2D eigenvalue weighted by atomic mass is 9.79. The van der Waals surface area contributed by atoms with Crippen LogP contribution in [-0.4, -0.2) is 5.38 Å². The normalized spacial score (nSPS) is 25.2. The Morgan fingerprint density at radius 3 is 2.33 bits per heavy atom. The first-order valence-corrected chi connectivity index (χ1v) is 5.83. The molecule has 12 heavy (non-hydrogen) atoms. The van der Waals surface area contributed by atoms with E-state index >= 15 is 0 Å². The Morgan fingerprint density at radius 1 is 1.25 bits per heavy atom. The van der Waals surface area contributed by atoms with E-state index in [0.717, 1.165) is 18.3 Å². The highest BCUT2D eigenvalue weighted by Crippen LogP contribution is 2.33. The summed E-state index contributed by atoms with van der Waals surface area (Å²) in [7, 11) is 0. The lowest BCUT2D eigenvalue weighted by Gasteiger charge is -2.30. The Labute approximate surface area is 81.7 Å². The molecule has 1 aliphatic rings. The van der Waals surface area contributed by atoms with E-state index in [1.807, 2.05) is 0 Å². The van der Waals surface area contributed by atoms with E-state index in [1.165, 1.54) is 32.1 Å². The monoisotopic (exact) mass is 188 g/mol. The second-order valence-corrected chi connectivity index (χ2v) is 4.74. The molecule has 0 aromatic rings. The minimum atomic E-state index is 0.410. The largest absolute Gasteiger partial charge is 0.123 e. The SMILES string of the molecule is CCC(Cl)C(C)C1CCCCC1. The highest BCUT2D eigenvalue weighted by molar-refractivity contribution is 6.20. The molecule has 1 rings (SSSR count). The van der Waals surface area contributed by atoms with Crippen LogP contribution < -0.4 is 0 Å². The van der Waals surface area contributed by atoms with Crippen molar-refractivity contribution in [1.29, 1.82) is 0 Å². The van der Waals surface area contributed by atoms with Crippen molar-refractivity contribution in [2.75, 3.05) is 0 Å². The molecule has 1 aliphatic carbocycles. The zero-order chi connectivity index (χ0) is 8.97. The molecule has 1 heteroatoms. The van der Waals surface area contributed by atoms with Gasteiger partial charge in [0.25, 0.3) is 0 Å². The molecule has 0 spiro atoms. The lowest BCUT2D eigenvalue weighted by Crippen LogP contribution is -2.22. The highest BCUT2D eigenvalue weighted by atomic mass is 35.5. The van der Waals surface area contributed by atoms with Crippen LogP contribution in [0.3, 0.4) is 0 Å². The van der Waals surface area contributed by atoms with Gasteiger partial charge in [-0.2, -0.15) is 0 Å². The topological polar surface area (TPSA) is 0 Å². The first-order chi connectivity index (χ1) is 5.75. The van der Waals surface area contributed by atoms with Gasteiger partial charge in [-0.3, -0.25) is 0 Å². The molecule has 2 unspecified atom stereocenters. The van der Waals surface area contributed by atoms with E-state index in [2.05, 4.69) is 13.8 Å². The Kier molecular flexibility index (Phi) is 4.42. The second-order valence-electron chi connectivity index (χ2n) is 4.18. The zero-order valence-corrected chi connectivity index (χ0v) is 9.11. The molecule has 0 radical (unpaired) electrons. The molecular formula is C11H21Cl. The van der Waals surface area contributed by atoms with E-state index < -0.39 is 0 Å². The van der Waals surface area contributed by atoms with Crippen LogP contribution in [0, 0.1) is 11.8 Å². The van der Waals surface area contributed by atoms with Gasteiger partial charge in [0.05, 0.1) is 0 Å². The van der Waals surface area contributed by atoms with E-state index in [9.17, 15) is 0 Å². The molecule has 0 aromatic heterocycles. The van der Waals surface area contributed by atoms with Crippen LogP contribution in [0.5, 0.6) is 0 Å². The summed E-state index contributed by atoms with van der Waals surface area (Å²) in [6.07, 6.45) is 8.28. The van der Waals surface area contributed by atoms with Gasteiger partial charge in [-0.05, 0) is 18.3 Å². The van der Waals surface area contributed by atoms with Crippen LogP contribution in [0.15, 0.2) is 0 Å². The van der Waals surface area contributed by atoms with Gasteiger partial charge in [0.2, 0.25) is 0 Å². The van der Waals surface area contributed by atoms with Gasteiger partial charge in [0.15, 0.2) is 0 Å². The van der Waals surface area contributed by atoms with Gasteiger partial charge in [-0.1, -0.05) is 46.0 Å². The first-order valence-electron chi connectivity index (χ1n) is 5.39. The molecule has 1 fully saturated rings. The van der Waals surface area contributed by atoms with Gasteiger partial charge in [0.1, 0.15) is 0 Å². The van der Waals surface area contributed by atoms with E-state index in [0.29, 0.717) is 5.38 Å². The van der Waals surface area contributed by atoms with Gasteiger partial charge < -0.3 is 0 Å². The molecule has 0 N–H and O–H groups in total. The third-order valence-electron chi connectivity index (χ3n) is 3.35. The quantitative estimate of drug-likeness (QED) is 0.582. The predicted octanol–water partition coefficient (Wildman–Crippen LogP) is 4.22. The standard InChI is InChI=1S/C11H21Cl/c1-3-11(12)9(2)10-7-5-4-6-8-10/h9-11H,3-8H2,1-2H3. The first kappa shape index (κ1) is 10.4. The maximum atomic E-state index is 6.25. The van der Waals surface area contributed by atoms with Crippen molar-refractivity contribution in [3.8, 4) is 0 Å². The smallest absolute Gasteiger partial charge is 0.0361 e. The molecule has 0 heterocycles. The van der Waals surface area contributed by atoms with E-state index in [-0.39, 0.29) is 0 Å². The van der Waals surface area contributed by atoms with Crippen LogP contribution >= 0.6 is 11.6 Å². The molecule has 0 aliphatic heterocycles. The number of hydrogen-bond acceptors (Lipinski definition) is 0. The van der Waals surface area contributed by atoms with Crippen molar-refractivity contribution in [2.45, 2.75) is 57.7 Å². The van der Waals surface area contributed by atoms with Gasteiger partial charge >= 0.3 is 0 Å². The third kappa shape index (κ3) is 2.65. The average Bonchev–Trinajstić information content (AvgIpc) is 2.17. The summed E-state index contributed by atoms with van der Waals surface area (Å²) in [6.45, 7) is 4.52. The van der Waals surface area contributed by atoms with Crippen molar-refractivity contribution in [2.24, 2.45) is 11.8 Å². The summed E-state index contributed by atoms with van der Waals surface area (Å²) in [4.78, 5) is 0. The van der Waals surface area contributed by atoms with Gasteiger partial charge in [-0.25, -0.2) is 0 Å². The summed E-state index contributed by atoms with van der Waals surface area (Å²) in [5, 5.41) is 0.410. The summed E-state index contributed by atoms with van der Waals surface area (Å²) in [5.41, 5.74) is 0. The maximum absolute atomic E-state index is 6.25. The van der Waals surface area contributed by atoms with E-state index in [1.54, 1.807) is 0 Å². The van der Waals surface area contributed by atoms with Crippen LogP contribution in [0.4, 0.5) is 0 Å². The molecule has 0 amide bonds. The van der Waals surface area contributed by atoms with Crippen molar-refractivity contribution in [3.63, 3.8) is 0 Å². The maximum Gasteiger partial charge on any atom is 0.0361 e. The van der Waals surface area contributed by atoms with Crippen molar-refractivity contribution >= 4 is 11.6 Å². The molecule has 0 nitrogen and oxygen atoms in total. The Balaban J connectivity index is 2.33. The Morgan fingerprint density at radius 2 is 1.83 bits per heavy atom. The van der Waals surface area contributed by atoms with E-state index in [4.69, 9.17) is 11.6 Å². The van der Waals surface area contributed by atoms with Crippen LogP contribution in [-0.2, 0) is 0 Å². The van der Waals surface area contributed by atoms with Gasteiger partial charge in [0, 0.05) is 5.38 Å². The third-order valence-corrected chi connectivity index (χ3v) is 4.06. The number of hydrogen-bond donors (Lipinski definition) is 0. The summed E-state index contributed by atoms with van der Waals surface area (Å²) < 4.78 is 0. The van der Waals surface area contributed by atoms with Gasteiger partial charge in [-0.15, -0.1) is 11.6 Å². The molecule has 2 atom stereocenters. The fraction of sp³-hybridized carbons (Fsp3) is 1.00. The summed E-state index contributed by atoms with van der Waals surface area (Å²) in [6, 6.07) is 0. The lowest BCUT2D eigenvalue weighted by molar-refractivity contribution is 0.254. The Bertz CT molecular complexity index is 116. The van der Waals surface area contributed by atoms with Crippen molar-refractivity contribution in [3.05, 3.63) is 0 Å². The number of rotatable bonds is 3. The molecule has 0 aromatic carbocycles. The van der Waals surface area contributed by atoms with Crippen molar-refractivity contribution in [1.82, 2.24) is 0 Å². The zero-order valence-electron chi connectivity index (χ0n) is 8.35. The molecule has 72 valence electrons.